The fourth-order valence-electron chi connectivity index (χ4n) is 3.61. The molecule has 0 radical (unpaired) electrons. The number of nitrogens with zero attached hydrogens (tertiary/aromatic N) is 1. The first-order valence-corrected chi connectivity index (χ1v) is 10.9. The molecule has 2 aromatic rings. The van der Waals surface area contributed by atoms with Gasteiger partial charge in [0, 0.05) is 23.8 Å². The molecule has 168 valence electrons. The number of allylic oxidation sites excluding steroid dienone is 1. The minimum absolute atomic E-state index is 0.0162. The summed E-state index contributed by atoms with van der Waals surface area (Å²) in [6.07, 6.45) is -2.32. The second-order valence-corrected chi connectivity index (χ2v) is 9.22. The van der Waals surface area contributed by atoms with E-state index in [-0.39, 0.29) is 17.1 Å². The van der Waals surface area contributed by atoms with Gasteiger partial charge in [0.2, 0.25) is 10.0 Å². The fourth-order valence-corrected chi connectivity index (χ4v) is 5.25. The van der Waals surface area contributed by atoms with Gasteiger partial charge in [0.25, 0.3) is 0 Å². The molecule has 0 amide bonds. The molecule has 1 aliphatic heterocycles. The highest BCUT2D eigenvalue weighted by Gasteiger charge is 2.42. The number of anilines is 2. The van der Waals surface area contributed by atoms with Gasteiger partial charge in [-0.1, -0.05) is 6.08 Å². The molecule has 0 bridgehead atoms. The molecular weight excluding hydrogens is 436 g/mol. The highest BCUT2D eigenvalue weighted by atomic mass is 32.2. The Hall–Kier alpha value is -2.59. The summed E-state index contributed by atoms with van der Waals surface area (Å²) in [4.78, 5) is 1.09. The predicted octanol–water partition coefficient (Wildman–Crippen LogP) is 5.01. The van der Waals surface area contributed by atoms with Crippen molar-refractivity contribution in [1.82, 2.24) is 4.72 Å². The van der Waals surface area contributed by atoms with E-state index in [0.717, 1.165) is 31.4 Å². The topological polar surface area (TPSA) is 58.6 Å². The van der Waals surface area contributed by atoms with E-state index < -0.39 is 38.9 Å². The number of hydrogen-bond acceptors (Lipinski definition) is 4. The van der Waals surface area contributed by atoms with E-state index in [0.29, 0.717) is 18.5 Å². The second kappa shape index (κ2) is 8.16. The van der Waals surface area contributed by atoms with E-state index in [9.17, 15) is 26.0 Å². The van der Waals surface area contributed by atoms with Gasteiger partial charge in [-0.25, -0.2) is 17.5 Å². The monoisotopic (exact) mass is 458 g/mol. The first-order valence-electron chi connectivity index (χ1n) is 9.37. The van der Waals surface area contributed by atoms with Crippen LogP contribution in [-0.2, 0) is 16.2 Å². The summed E-state index contributed by atoms with van der Waals surface area (Å²) in [6.45, 7) is 5.33. The number of methoxy groups -OCH3 is 1. The normalized spacial score (nSPS) is 20.6. The molecule has 31 heavy (non-hydrogen) atoms. The van der Waals surface area contributed by atoms with Gasteiger partial charge < -0.3 is 9.64 Å². The van der Waals surface area contributed by atoms with Crippen LogP contribution in [0, 0.1) is 5.82 Å². The van der Waals surface area contributed by atoms with Crippen LogP contribution >= 0.6 is 0 Å². The van der Waals surface area contributed by atoms with Crippen molar-refractivity contribution in [2.45, 2.75) is 36.4 Å². The lowest BCUT2D eigenvalue weighted by Crippen LogP contribution is -2.50. The number of alkyl halides is 3. The van der Waals surface area contributed by atoms with Crippen molar-refractivity contribution in [3.05, 3.63) is 60.4 Å². The van der Waals surface area contributed by atoms with Gasteiger partial charge >= 0.3 is 6.18 Å². The summed E-state index contributed by atoms with van der Waals surface area (Å²) in [6, 6.07) is 6.74. The Morgan fingerprint density at radius 1 is 1.26 bits per heavy atom. The number of nitrogens with one attached hydrogen (secondary N) is 1. The summed E-state index contributed by atoms with van der Waals surface area (Å²) >= 11 is 0. The third-order valence-corrected chi connectivity index (χ3v) is 6.76. The van der Waals surface area contributed by atoms with Crippen LogP contribution in [0.15, 0.2) is 53.9 Å². The van der Waals surface area contributed by atoms with Crippen LogP contribution < -0.4 is 14.4 Å². The SMILES string of the molecule is C=CCCC1(C)CN(c2ccc(F)cc2)c2cc(C(F)(F)F)c(OC)cc2S(=O)(=O)N1. The average Bonchev–Trinajstić information content (AvgIpc) is 2.77. The van der Waals surface area contributed by atoms with E-state index in [2.05, 4.69) is 11.3 Å². The maximum absolute atomic E-state index is 13.7. The van der Waals surface area contributed by atoms with Crippen LogP contribution in [-0.4, -0.2) is 27.6 Å². The van der Waals surface area contributed by atoms with Gasteiger partial charge in [0.05, 0.1) is 18.4 Å². The van der Waals surface area contributed by atoms with Gasteiger partial charge in [-0.3, -0.25) is 0 Å². The number of sulfonamides is 1. The van der Waals surface area contributed by atoms with Crippen LogP contribution in [0.1, 0.15) is 25.3 Å². The maximum atomic E-state index is 13.7. The van der Waals surface area contributed by atoms with Crippen molar-refractivity contribution in [2.75, 3.05) is 18.6 Å². The highest BCUT2D eigenvalue weighted by molar-refractivity contribution is 7.89. The van der Waals surface area contributed by atoms with Crippen molar-refractivity contribution in [3.63, 3.8) is 0 Å². The molecule has 0 saturated carbocycles. The van der Waals surface area contributed by atoms with E-state index in [1.807, 2.05) is 0 Å². The molecule has 0 aliphatic carbocycles. The van der Waals surface area contributed by atoms with Crippen molar-refractivity contribution in [3.8, 4) is 5.75 Å². The molecule has 0 spiro atoms. The first-order chi connectivity index (χ1) is 14.4. The lowest BCUT2D eigenvalue weighted by Gasteiger charge is -2.34. The molecule has 1 aliphatic rings. The van der Waals surface area contributed by atoms with Gasteiger partial charge in [0.15, 0.2) is 0 Å². The minimum Gasteiger partial charge on any atom is -0.496 e. The lowest BCUT2D eigenvalue weighted by atomic mass is 9.95. The summed E-state index contributed by atoms with van der Waals surface area (Å²) < 4.78 is 88.3. The summed E-state index contributed by atoms with van der Waals surface area (Å²) in [5, 5.41) is 0. The van der Waals surface area contributed by atoms with Gasteiger partial charge in [-0.05, 0) is 50.1 Å². The van der Waals surface area contributed by atoms with Crippen molar-refractivity contribution >= 4 is 21.4 Å². The zero-order valence-corrected chi connectivity index (χ0v) is 17.8. The molecule has 10 heteroatoms. The number of benzene rings is 2. The van der Waals surface area contributed by atoms with Gasteiger partial charge in [-0.15, -0.1) is 6.58 Å². The van der Waals surface area contributed by atoms with Crippen molar-refractivity contribution in [2.24, 2.45) is 0 Å². The Morgan fingerprint density at radius 3 is 2.45 bits per heavy atom. The molecule has 0 aromatic heterocycles. The minimum atomic E-state index is -4.77. The molecule has 1 N–H and O–H groups in total. The molecule has 1 atom stereocenters. The Morgan fingerprint density at radius 2 is 1.90 bits per heavy atom. The maximum Gasteiger partial charge on any atom is 0.420 e. The molecule has 3 rings (SSSR count). The quantitative estimate of drug-likeness (QED) is 0.506. The molecule has 0 fully saturated rings. The van der Waals surface area contributed by atoms with Gasteiger partial charge in [-0.2, -0.15) is 13.2 Å². The third kappa shape index (κ3) is 4.69. The Bertz CT molecular complexity index is 1090. The largest absolute Gasteiger partial charge is 0.496 e. The summed E-state index contributed by atoms with van der Waals surface area (Å²) in [7, 11) is -3.17. The third-order valence-electron chi connectivity index (χ3n) is 5.09. The molecule has 1 unspecified atom stereocenters. The van der Waals surface area contributed by atoms with Crippen LogP contribution in [0.25, 0.3) is 0 Å². The zero-order valence-electron chi connectivity index (χ0n) is 17.0. The number of ether oxygens (including phenoxy) is 1. The molecule has 1 heterocycles. The standard InChI is InChI=1S/C21H22F4N2O3S/c1-4-5-10-20(2)13-27(15-8-6-14(22)7-9-15)17-11-16(21(23,24)25)18(30-3)12-19(17)31(28,29)26-20/h4,6-9,11-12,26H,1,5,10,13H2,2-3H3. The number of hydrogen-bond donors (Lipinski definition) is 1. The van der Waals surface area contributed by atoms with E-state index in [1.165, 1.54) is 17.0 Å². The van der Waals surface area contributed by atoms with E-state index >= 15 is 0 Å². The number of fused-ring (bicyclic) bond motifs is 1. The number of rotatable bonds is 5. The summed E-state index contributed by atoms with van der Waals surface area (Å²) in [5.74, 6) is -1.13. The second-order valence-electron chi connectivity index (χ2n) is 7.57. The molecule has 5 nitrogen and oxygen atoms in total. The number of halogens is 4. The Kier molecular flexibility index (Phi) is 6.07. The zero-order chi connectivity index (χ0) is 23.0. The van der Waals surface area contributed by atoms with Crippen LogP contribution in [0.3, 0.4) is 0 Å². The fraction of sp³-hybridized carbons (Fsp3) is 0.333. The highest BCUT2D eigenvalue weighted by Crippen LogP contribution is 2.45. The molecular formula is C21H22F4N2O3S. The average molecular weight is 458 g/mol. The van der Waals surface area contributed by atoms with Crippen molar-refractivity contribution < 1.29 is 30.7 Å². The lowest BCUT2D eigenvalue weighted by molar-refractivity contribution is -0.138. The molecule has 2 aromatic carbocycles. The Balaban J connectivity index is 2.31. The van der Waals surface area contributed by atoms with E-state index in [1.54, 1.807) is 13.0 Å². The van der Waals surface area contributed by atoms with Crippen LogP contribution in [0.4, 0.5) is 28.9 Å². The van der Waals surface area contributed by atoms with Crippen LogP contribution in [0.5, 0.6) is 5.75 Å². The van der Waals surface area contributed by atoms with Gasteiger partial charge in [0.1, 0.15) is 16.5 Å². The summed E-state index contributed by atoms with van der Waals surface area (Å²) in [5.41, 5.74) is -1.96. The first kappa shape index (κ1) is 23.1. The van der Waals surface area contributed by atoms with Crippen molar-refractivity contribution in [1.29, 1.82) is 0 Å². The van der Waals surface area contributed by atoms with Crippen LogP contribution in [0.2, 0.25) is 0 Å². The molecule has 0 saturated heterocycles. The Labute approximate surface area is 178 Å². The predicted molar refractivity (Wildman–Crippen MR) is 110 cm³/mol. The smallest absolute Gasteiger partial charge is 0.420 e. The van der Waals surface area contributed by atoms with E-state index in [4.69, 9.17) is 4.74 Å².